The number of rotatable bonds is 5. The van der Waals surface area contributed by atoms with Crippen LogP contribution in [-0.2, 0) is 12.0 Å². The topological polar surface area (TPSA) is 81.0 Å². The Morgan fingerprint density at radius 1 is 1.10 bits per heavy atom. The van der Waals surface area contributed by atoms with Gasteiger partial charge in [0.15, 0.2) is 0 Å². The monoisotopic (exact) mass is 433 g/mol. The lowest BCUT2D eigenvalue weighted by Crippen LogP contribution is -2.14. The van der Waals surface area contributed by atoms with Crippen LogP contribution >= 0.6 is 11.6 Å². The van der Waals surface area contributed by atoms with Crippen molar-refractivity contribution in [1.29, 1.82) is 0 Å². The van der Waals surface area contributed by atoms with Gasteiger partial charge < -0.3 is 15.5 Å². The number of carbonyl (C=O) groups excluding carboxylic acids is 1. The van der Waals surface area contributed by atoms with E-state index < -0.39 is 5.91 Å². The number of benzene rings is 3. The Labute approximate surface area is 186 Å². The third-order valence-corrected chi connectivity index (χ3v) is 5.53. The molecule has 0 fully saturated rings. The Morgan fingerprint density at radius 2 is 1.87 bits per heavy atom. The van der Waals surface area contributed by atoms with Crippen LogP contribution in [0.2, 0.25) is 5.02 Å². The van der Waals surface area contributed by atoms with Crippen LogP contribution in [0.4, 0.5) is 0 Å². The van der Waals surface area contributed by atoms with Gasteiger partial charge in [0, 0.05) is 16.7 Å². The molecule has 6 heteroatoms. The second kappa shape index (κ2) is 8.08. The second-order valence-corrected chi connectivity index (χ2v) is 8.93. The van der Waals surface area contributed by atoms with E-state index in [2.05, 4.69) is 37.9 Å². The van der Waals surface area contributed by atoms with Crippen molar-refractivity contribution in [2.75, 3.05) is 0 Å². The molecule has 31 heavy (non-hydrogen) atoms. The van der Waals surface area contributed by atoms with E-state index in [0.29, 0.717) is 21.9 Å². The van der Waals surface area contributed by atoms with Gasteiger partial charge in [-0.1, -0.05) is 56.6 Å². The van der Waals surface area contributed by atoms with Crippen molar-refractivity contribution in [1.82, 2.24) is 9.97 Å². The first-order valence-electron chi connectivity index (χ1n) is 10.0. The molecule has 0 radical (unpaired) electrons. The number of imidazole rings is 1. The van der Waals surface area contributed by atoms with Crippen molar-refractivity contribution in [2.24, 2.45) is 5.73 Å². The van der Waals surface area contributed by atoms with Crippen LogP contribution < -0.4 is 10.5 Å². The third kappa shape index (κ3) is 4.42. The fourth-order valence-electron chi connectivity index (χ4n) is 3.42. The molecular formula is C25H24ClN3O2. The quantitative estimate of drug-likeness (QED) is 0.413. The molecule has 0 bridgehead atoms. The molecule has 0 saturated carbocycles. The number of halogens is 1. The molecule has 1 heterocycles. The van der Waals surface area contributed by atoms with E-state index in [4.69, 9.17) is 27.1 Å². The van der Waals surface area contributed by atoms with E-state index in [1.165, 1.54) is 5.56 Å². The van der Waals surface area contributed by atoms with Gasteiger partial charge in [0.2, 0.25) is 5.91 Å². The van der Waals surface area contributed by atoms with Crippen molar-refractivity contribution in [2.45, 2.75) is 32.8 Å². The van der Waals surface area contributed by atoms with Crippen LogP contribution in [0.5, 0.6) is 5.75 Å². The molecule has 0 aliphatic rings. The molecule has 0 unspecified atom stereocenters. The van der Waals surface area contributed by atoms with E-state index >= 15 is 0 Å². The van der Waals surface area contributed by atoms with E-state index in [1.807, 2.05) is 30.3 Å². The second-order valence-electron chi connectivity index (χ2n) is 8.52. The summed E-state index contributed by atoms with van der Waals surface area (Å²) in [6.45, 7) is 6.73. The predicted molar refractivity (Wildman–Crippen MR) is 125 cm³/mol. The van der Waals surface area contributed by atoms with Crippen molar-refractivity contribution >= 4 is 28.5 Å². The van der Waals surface area contributed by atoms with Gasteiger partial charge in [0.1, 0.15) is 18.2 Å². The van der Waals surface area contributed by atoms with Crippen molar-refractivity contribution in [3.63, 3.8) is 0 Å². The molecule has 158 valence electrons. The molecular weight excluding hydrogens is 410 g/mol. The summed E-state index contributed by atoms with van der Waals surface area (Å²) in [6, 6.07) is 18.9. The first kappa shape index (κ1) is 20.9. The summed E-state index contributed by atoms with van der Waals surface area (Å²) in [5, 5.41) is 0.478. The summed E-state index contributed by atoms with van der Waals surface area (Å²) in [5.74, 6) is 0.755. The molecule has 0 saturated heterocycles. The van der Waals surface area contributed by atoms with E-state index in [9.17, 15) is 4.79 Å². The number of hydrogen-bond donors (Lipinski definition) is 2. The zero-order valence-corrected chi connectivity index (χ0v) is 18.5. The Morgan fingerprint density at radius 3 is 2.61 bits per heavy atom. The third-order valence-electron chi connectivity index (χ3n) is 5.22. The molecule has 0 aliphatic heterocycles. The highest BCUT2D eigenvalue weighted by molar-refractivity contribution is 6.32. The minimum atomic E-state index is -0.490. The van der Waals surface area contributed by atoms with Gasteiger partial charge in [-0.05, 0) is 47.4 Å². The minimum absolute atomic E-state index is 0.0575. The van der Waals surface area contributed by atoms with Gasteiger partial charge in [0.05, 0.1) is 16.1 Å². The number of nitrogens with two attached hydrogens (primary N) is 1. The fourth-order valence-corrected chi connectivity index (χ4v) is 3.59. The number of aromatic amines is 1. The van der Waals surface area contributed by atoms with Crippen LogP contribution in [0.25, 0.3) is 22.4 Å². The summed E-state index contributed by atoms with van der Waals surface area (Å²) >= 11 is 6.35. The molecule has 3 N–H and O–H groups in total. The number of nitrogens with one attached hydrogen (secondary N) is 1. The number of aromatic nitrogens is 2. The summed E-state index contributed by atoms with van der Waals surface area (Å²) in [4.78, 5) is 19.8. The lowest BCUT2D eigenvalue weighted by molar-refractivity contribution is 0.0998. The Kier molecular flexibility index (Phi) is 5.46. The maximum Gasteiger partial charge on any atom is 0.249 e. The van der Waals surface area contributed by atoms with Crippen LogP contribution in [0.3, 0.4) is 0 Å². The highest BCUT2D eigenvalue weighted by atomic mass is 35.5. The molecule has 1 aromatic heterocycles. The number of nitrogens with zero attached hydrogens (tertiary/aromatic N) is 1. The number of primary amides is 1. The van der Waals surface area contributed by atoms with Crippen molar-refractivity contribution in [3.05, 3.63) is 82.4 Å². The van der Waals surface area contributed by atoms with Crippen molar-refractivity contribution in [3.8, 4) is 17.1 Å². The number of amides is 1. The van der Waals surface area contributed by atoms with E-state index in [0.717, 1.165) is 22.4 Å². The number of hydrogen-bond acceptors (Lipinski definition) is 3. The molecule has 5 nitrogen and oxygen atoms in total. The van der Waals surface area contributed by atoms with Gasteiger partial charge in [-0.3, -0.25) is 4.79 Å². The van der Waals surface area contributed by atoms with Gasteiger partial charge in [0.25, 0.3) is 0 Å². The van der Waals surface area contributed by atoms with Gasteiger partial charge in [-0.2, -0.15) is 0 Å². The average Bonchev–Trinajstić information content (AvgIpc) is 3.16. The van der Waals surface area contributed by atoms with Gasteiger partial charge >= 0.3 is 0 Å². The number of fused-ring (bicyclic) bond motifs is 1. The van der Waals surface area contributed by atoms with Gasteiger partial charge in [-0.25, -0.2) is 4.98 Å². The normalized spacial score (nSPS) is 11.6. The largest absolute Gasteiger partial charge is 0.487 e. The summed E-state index contributed by atoms with van der Waals surface area (Å²) in [5.41, 5.74) is 10.6. The standard InChI is InChI=1S/C25H24ClN3O2/c1-25(2,3)17-9-11-20-21(13-17)29-24(28-20)15-8-10-19(26)22(12-15)31-14-16-6-4-5-7-18(16)23(27)30/h4-13H,14H2,1-3H3,(H2,27,30)(H,28,29). The first-order chi connectivity index (χ1) is 14.7. The number of ether oxygens (including phenoxy) is 1. The Balaban J connectivity index is 1.63. The van der Waals surface area contributed by atoms with Crippen molar-refractivity contribution < 1.29 is 9.53 Å². The van der Waals surface area contributed by atoms with Crippen LogP contribution in [0, 0.1) is 0 Å². The van der Waals surface area contributed by atoms with E-state index in [1.54, 1.807) is 18.2 Å². The molecule has 0 spiro atoms. The molecule has 0 aliphatic carbocycles. The molecule has 0 atom stereocenters. The predicted octanol–water partition coefficient (Wildman–Crippen LogP) is 5.86. The minimum Gasteiger partial charge on any atom is -0.487 e. The first-order valence-corrected chi connectivity index (χ1v) is 10.4. The number of H-pyrrole nitrogens is 1. The zero-order chi connectivity index (χ0) is 22.2. The lowest BCUT2D eigenvalue weighted by atomic mass is 9.87. The smallest absolute Gasteiger partial charge is 0.249 e. The van der Waals surface area contributed by atoms with E-state index in [-0.39, 0.29) is 12.0 Å². The Bertz CT molecular complexity index is 1270. The SMILES string of the molecule is CC(C)(C)c1ccc2nc(-c3ccc(Cl)c(OCc4ccccc4C(N)=O)c3)[nH]c2c1. The maximum absolute atomic E-state index is 11.6. The highest BCUT2D eigenvalue weighted by Crippen LogP contribution is 2.32. The van der Waals surface area contributed by atoms with Crippen LogP contribution in [0.15, 0.2) is 60.7 Å². The average molecular weight is 434 g/mol. The Hall–Kier alpha value is -3.31. The van der Waals surface area contributed by atoms with Crippen LogP contribution in [0.1, 0.15) is 42.3 Å². The molecule has 4 rings (SSSR count). The van der Waals surface area contributed by atoms with Crippen LogP contribution in [-0.4, -0.2) is 15.9 Å². The summed E-state index contributed by atoms with van der Waals surface area (Å²) < 4.78 is 5.93. The molecule has 1 amide bonds. The highest BCUT2D eigenvalue weighted by Gasteiger charge is 2.16. The fraction of sp³-hybridized carbons (Fsp3) is 0.200. The summed E-state index contributed by atoms with van der Waals surface area (Å²) in [6.07, 6.45) is 0. The van der Waals surface area contributed by atoms with Gasteiger partial charge in [-0.15, -0.1) is 0 Å². The molecule has 3 aromatic carbocycles. The maximum atomic E-state index is 11.6. The molecule has 4 aromatic rings. The zero-order valence-electron chi connectivity index (χ0n) is 17.7. The summed E-state index contributed by atoms with van der Waals surface area (Å²) in [7, 11) is 0. The number of carbonyl (C=O) groups is 1. The lowest BCUT2D eigenvalue weighted by Gasteiger charge is -2.18.